The normalized spacial score (nSPS) is 11.6. The topological polar surface area (TPSA) is 58.2 Å². The Morgan fingerprint density at radius 1 is 1.08 bits per heavy atom. The number of carbonyl (C=O) groups is 2. The van der Waals surface area contributed by atoms with Gasteiger partial charge in [-0.2, -0.15) is 0 Å². The second kappa shape index (κ2) is 9.22. The maximum atomic E-state index is 12.9. The molecule has 1 atom stereocenters. The second-order valence-electron chi connectivity index (χ2n) is 5.75. The monoisotopic (exact) mass is 360 g/mol. The Kier molecular flexibility index (Phi) is 7.01. The summed E-state index contributed by atoms with van der Waals surface area (Å²) in [6, 6.07) is 13.3. The van der Waals surface area contributed by atoms with Crippen LogP contribution in [0.15, 0.2) is 48.5 Å². The van der Waals surface area contributed by atoms with Gasteiger partial charge in [-0.05, 0) is 49.2 Å². The van der Waals surface area contributed by atoms with Crippen LogP contribution in [0.3, 0.4) is 0 Å². The zero-order valence-corrected chi connectivity index (χ0v) is 15.0. The van der Waals surface area contributed by atoms with Gasteiger partial charge >= 0.3 is 0 Å². The van der Waals surface area contributed by atoms with E-state index < -0.39 is 0 Å². The molecule has 132 valence electrons. The van der Waals surface area contributed by atoms with Crippen LogP contribution in [-0.2, 0) is 9.59 Å². The van der Waals surface area contributed by atoms with Crippen molar-refractivity contribution in [2.75, 3.05) is 16.8 Å². The number of hydrogen-bond acceptors (Lipinski definition) is 3. The molecule has 2 rings (SSSR count). The number of nitrogens with one attached hydrogen (secondary N) is 2. The Balaban J connectivity index is 1.71. The molecular formula is C19H21FN2O2S. The Morgan fingerprint density at radius 2 is 1.76 bits per heavy atom. The molecule has 25 heavy (non-hydrogen) atoms. The minimum absolute atomic E-state index is 0.144. The van der Waals surface area contributed by atoms with Crippen LogP contribution in [0.2, 0.25) is 0 Å². The summed E-state index contributed by atoms with van der Waals surface area (Å²) in [4.78, 5) is 23.8. The second-order valence-corrected chi connectivity index (χ2v) is 6.74. The highest BCUT2D eigenvalue weighted by Crippen LogP contribution is 2.14. The predicted molar refractivity (Wildman–Crippen MR) is 100 cm³/mol. The average Bonchev–Trinajstić information content (AvgIpc) is 2.55. The molecule has 0 saturated carbocycles. The molecule has 0 spiro atoms. The molecule has 0 radical (unpaired) electrons. The summed E-state index contributed by atoms with van der Waals surface area (Å²) in [5, 5.41) is 5.63. The van der Waals surface area contributed by atoms with E-state index in [2.05, 4.69) is 10.6 Å². The number of benzene rings is 2. The van der Waals surface area contributed by atoms with Crippen molar-refractivity contribution in [3.8, 4) is 0 Å². The van der Waals surface area contributed by atoms with Crippen molar-refractivity contribution in [3.63, 3.8) is 0 Å². The highest BCUT2D eigenvalue weighted by atomic mass is 32.2. The zero-order chi connectivity index (χ0) is 18.2. The third-order valence-corrected chi connectivity index (χ3v) is 4.45. The molecule has 0 aliphatic heterocycles. The van der Waals surface area contributed by atoms with Gasteiger partial charge in [-0.25, -0.2) is 4.39 Å². The molecule has 0 bridgehead atoms. The van der Waals surface area contributed by atoms with Crippen LogP contribution in [0.25, 0.3) is 0 Å². The summed E-state index contributed by atoms with van der Waals surface area (Å²) in [7, 11) is 0. The summed E-state index contributed by atoms with van der Waals surface area (Å²) >= 11 is 1.25. The predicted octanol–water partition coefficient (Wildman–Crippen LogP) is 3.68. The quantitative estimate of drug-likeness (QED) is 0.792. The summed E-state index contributed by atoms with van der Waals surface area (Å²) in [5.41, 5.74) is 2.65. The van der Waals surface area contributed by atoms with E-state index in [9.17, 15) is 14.0 Å². The van der Waals surface area contributed by atoms with Gasteiger partial charge in [0.05, 0.1) is 17.5 Å². The molecule has 0 aliphatic carbocycles. The van der Waals surface area contributed by atoms with Crippen LogP contribution in [0.5, 0.6) is 0 Å². The lowest BCUT2D eigenvalue weighted by Gasteiger charge is -2.14. The number of anilines is 1. The van der Waals surface area contributed by atoms with Crippen molar-refractivity contribution >= 4 is 29.3 Å². The molecule has 4 nitrogen and oxygen atoms in total. The minimum atomic E-state index is -0.308. The smallest absolute Gasteiger partial charge is 0.234 e. The number of halogens is 1. The molecule has 0 fully saturated rings. The van der Waals surface area contributed by atoms with E-state index in [-0.39, 0.29) is 35.2 Å². The van der Waals surface area contributed by atoms with Crippen molar-refractivity contribution in [3.05, 3.63) is 65.5 Å². The number of carbonyl (C=O) groups excluding carboxylic acids is 2. The molecule has 2 amide bonds. The average molecular weight is 360 g/mol. The third kappa shape index (κ3) is 6.58. The van der Waals surface area contributed by atoms with Crippen LogP contribution in [0.1, 0.15) is 24.1 Å². The Bertz CT molecular complexity index is 734. The molecule has 0 heterocycles. The Hall–Kier alpha value is -2.34. The maximum Gasteiger partial charge on any atom is 0.234 e. The Labute approximate surface area is 151 Å². The van der Waals surface area contributed by atoms with Gasteiger partial charge in [-0.1, -0.05) is 24.3 Å². The molecule has 2 aromatic carbocycles. The summed E-state index contributed by atoms with van der Waals surface area (Å²) < 4.78 is 12.9. The van der Waals surface area contributed by atoms with Gasteiger partial charge in [0.15, 0.2) is 0 Å². The highest BCUT2D eigenvalue weighted by Gasteiger charge is 2.11. The minimum Gasteiger partial charge on any atom is -0.349 e. The van der Waals surface area contributed by atoms with Gasteiger partial charge in [0.25, 0.3) is 0 Å². The lowest BCUT2D eigenvalue weighted by atomic mass is 10.1. The van der Waals surface area contributed by atoms with Crippen LogP contribution in [0.4, 0.5) is 10.1 Å². The molecule has 2 N–H and O–H groups in total. The van der Waals surface area contributed by atoms with Gasteiger partial charge in [-0.3, -0.25) is 9.59 Å². The molecule has 6 heteroatoms. The number of hydrogen-bond donors (Lipinski definition) is 2. The molecular weight excluding hydrogens is 339 g/mol. The first-order valence-corrected chi connectivity index (χ1v) is 9.08. The number of thioether (sulfide) groups is 1. The summed E-state index contributed by atoms with van der Waals surface area (Å²) in [6.07, 6.45) is 0. The zero-order valence-electron chi connectivity index (χ0n) is 14.2. The van der Waals surface area contributed by atoms with E-state index in [0.717, 1.165) is 16.8 Å². The highest BCUT2D eigenvalue weighted by molar-refractivity contribution is 8.00. The fourth-order valence-corrected chi connectivity index (χ4v) is 2.90. The number of rotatable bonds is 7. The summed E-state index contributed by atoms with van der Waals surface area (Å²) in [6.45, 7) is 3.79. The SMILES string of the molecule is Cc1cccc(NC(=O)CSCC(=O)N[C@@H](C)c2ccc(F)cc2)c1. The maximum absolute atomic E-state index is 12.9. The van der Waals surface area contributed by atoms with Crippen molar-refractivity contribution in [2.45, 2.75) is 19.9 Å². The van der Waals surface area contributed by atoms with Gasteiger partial charge in [0, 0.05) is 5.69 Å². The van der Waals surface area contributed by atoms with Crippen LogP contribution >= 0.6 is 11.8 Å². The lowest BCUT2D eigenvalue weighted by molar-refractivity contribution is -0.119. The van der Waals surface area contributed by atoms with E-state index in [1.807, 2.05) is 38.1 Å². The van der Waals surface area contributed by atoms with Crippen LogP contribution < -0.4 is 10.6 Å². The fraction of sp³-hybridized carbons (Fsp3) is 0.263. The van der Waals surface area contributed by atoms with Crippen molar-refractivity contribution in [1.29, 1.82) is 0 Å². The van der Waals surface area contributed by atoms with Crippen LogP contribution in [-0.4, -0.2) is 23.3 Å². The van der Waals surface area contributed by atoms with Crippen molar-refractivity contribution in [2.24, 2.45) is 0 Å². The largest absolute Gasteiger partial charge is 0.349 e. The first-order valence-electron chi connectivity index (χ1n) is 7.93. The molecule has 0 saturated heterocycles. The van der Waals surface area contributed by atoms with E-state index >= 15 is 0 Å². The molecule has 0 aliphatic rings. The van der Waals surface area contributed by atoms with Crippen LogP contribution in [0, 0.1) is 12.7 Å². The van der Waals surface area contributed by atoms with E-state index in [1.54, 1.807) is 12.1 Å². The van der Waals surface area contributed by atoms with Crippen molar-refractivity contribution in [1.82, 2.24) is 5.32 Å². The Morgan fingerprint density at radius 3 is 2.44 bits per heavy atom. The van der Waals surface area contributed by atoms with Gasteiger partial charge in [-0.15, -0.1) is 11.8 Å². The number of amides is 2. The summed E-state index contributed by atoms with van der Waals surface area (Å²) in [5.74, 6) is -0.225. The van der Waals surface area contributed by atoms with E-state index in [1.165, 1.54) is 23.9 Å². The lowest BCUT2D eigenvalue weighted by Crippen LogP contribution is -2.28. The van der Waals surface area contributed by atoms with E-state index in [0.29, 0.717) is 0 Å². The van der Waals surface area contributed by atoms with Gasteiger partial charge in [0.2, 0.25) is 11.8 Å². The first-order chi connectivity index (χ1) is 11.9. The molecule has 2 aromatic rings. The standard InChI is InChI=1S/C19H21FN2O2S/c1-13-4-3-5-17(10-13)22-19(24)12-25-11-18(23)21-14(2)15-6-8-16(20)9-7-15/h3-10,14H,11-12H2,1-2H3,(H,21,23)(H,22,24)/t14-/m0/s1. The number of aryl methyl sites for hydroxylation is 1. The van der Waals surface area contributed by atoms with Gasteiger partial charge in [0.1, 0.15) is 5.82 Å². The first kappa shape index (κ1) is 19.0. The van der Waals surface area contributed by atoms with Crippen molar-refractivity contribution < 1.29 is 14.0 Å². The molecule has 0 unspecified atom stereocenters. The van der Waals surface area contributed by atoms with Gasteiger partial charge < -0.3 is 10.6 Å². The van der Waals surface area contributed by atoms with E-state index in [4.69, 9.17) is 0 Å². The fourth-order valence-electron chi connectivity index (χ4n) is 2.27. The molecule has 0 aromatic heterocycles. The third-order valence-electron chi connectivity index (χ3n) is 3.52.